The molecule has 23 heavy (non-hydrogen) atoms. The number of anilines is 1. The zero-order chi connectivity index (χ0) is 17.1. The average molecular weight is 354 g/mol. The van der Waals surface area contributed by atoms with Crippen molar-refractivity contribution in [2.45, 2.75) is 46.5 Å². The standard InChI is InChI=1S/C16H23N3O2S2/c1-8(2)6-12(20)18-16(22)19-15-13(14(17)21)10-5-4-9(3)7-11(10)23-15/h8-9H,4-7H2,1-3H3,(H2,17,21)(H2,18,19,20,22)/t9-/m1/s1. The van der Waals surface area contributed by atoms with Gasteiger partial charge in [-0.05, 0) is 48.9 Å². The fourth-order valence-corrected chi connectivity index (χ4v) is 4.48. The first kappa shape index (κ1) is 17.9. The number of primary amides is 1. The summed E-state index contributed by atoms with van der Waals surface area (Å²) in [5.74, 6) is 0.283. The highest BCUT2D eigenvalue weighted by Crippen LogP contribution is 2.39. The largest absolute Gasteiger partial charge is 0.365 e. The van der Waals surface area contributed by atoms with Crippen molar-refractivity contribution >= 4 is 45.5 Å². The van der Waals surface area contributed by atoms with Crippen molar-refractivity contribution < 1.29 is 9.59 Å². The molecule has 1 atom stereocenters. The molecule has 1 aromatic heterocycles. The summed E-state index contributed by atoms with van der Waals surface area (Å²) in [5, 5.41) is 6.49. The molecule has 4 N–H and O–H groups in total. The van der Waals surface area contributed by atoms with E-state index in [1.54, 1.807) is 0 Å². The summed E-state index contributed by atoms with van der Waals surface area (Å²) in [7, 11) is 0. The highest BCUT2D eigenvalue weighted by atomic mass is 32.1. The van der Waals surface area contributed by atoms with Crippen molar-refractivity contribution in [2.75, 3.05) is 5.32 Å². The van der Waals surface area contributed by atoms with Gasteiger partial charge in [0.1, 0.15) is 5.00 Å². The number of thiophene rings is 1. The lowest BCUT2D eigenvalue weighted by atomic mass is 9.88. The number of nitrogens with two attached hydrogens (primary N) is 1. The minimum absolute atomic E-state index is 0.131. The SMILES string of the molecule is CC(C)CC(=O)NC(=S)Nc1sc2c(c1C(N)=O)CC[C@@H](C)C2. The van der Waals surface area contributed by atoms with E-state index in [4.69, 9.17) is 18.0 Å². The molecule has 1 aliphatic carbocycles. The molecule has 0 aliphatic heterocycles. The maximum absolute atomic E-state index is 11.8. The predicted octanol–water partition coefficient (Wildman–Crippen LogP) is 2.83. The molecule has 0 saturated carbocycles. The molecule has 0 spiro atoms. The summed E-state index contributed by atoms with van der Waals surface area (Å²) in [5.41, 5.74) is 7.12. The van der Waals surface area contributed by atoms with Crippen LogP contribution in [0.4, 0.5) is 5.00 Å². The van der Waals surface area contributed by atoms with Gasteiger partial charge < -0.3 is 16.4 Å². The first-order chi connectivity index (χ1) is 10.8. The minimum atomic E-state index is -0.448. The third kappa shape index (κ3) is 4.51. The molecule has 0 radical (unpaired) electrons. The van der Waals surface area contributed by atoms with Crippen LogP contribution in [0.25, 0.3) is 0 Å². The van der Waals surface area contributed by atoms with E-state index >= 15 is 0 Å². The summed E-state index contributed by atoms with van der Waals surface area (Å²) in [4.78, 5) is 24.8. The first-order valence-corrected chi connectivity index (χ1v) is 9.05. The van der Waals surface area contributed by atoms with Crippen LogP contribution in [0.5, 0.6) is 0 Å². The van der Waals surface area contributed by atoms with Crippen LogP contribution in [-0.2, 0) is 17.6 Å². The van der Waals surface area contributed by atoms with Gasteiger partial charge in [-0.2, -0.15) is 0 Å². The molecule has 2 rings (SSSR count). The number of rotatable bonds is 4. The van der Waals surface area contributed by atoms with E-state index in [9.17, 15) is 9.59 Å². The van der Waals surface area contributed by atoms with Gasteiger partial charge in [-0.15, -0.1) is 11.3 Å². The topological polar surface area (TPSA) is 84.2 Å². The molecule has 1 aliphatic rings. The highest BCUT2D eigenvalue weighted by molar-refractivity contribution is 7.80. The normalized spacial score (nSPS) is 16.8. The number of nitrogens with one attached hydrogen (secondary N) is 2. The van der Waals surface area contributed by atoms with Crippen molar-refractivity contribution in [3.05, 3.63) is 16.0 Å². The summed E-state index contributed by atoms with van der Waals surface area (Å²) < 4.78 is 0. The molecule has 7 heteroatoms. The molecule has 0 fully saturated rings. The Morgan fingerprint density at radius 1 is 1.43 bits per heavy atom. The van der Waals surface area contributed by atoms with Crippen molar-refractivity contribution in [1.82, 2.24) is 5.32 Å². The summed E-state index contributed by atoms with van der Waals surface area (Å²) in [6.45, 7) is 6.14. The molecule has 5 nitrogen and oxygen atoms in total. The Balaban J connectivity index is 2.15. The Morgan fingerprint density at radius 2 is 2.13 bits per heavy atom. The molecular formula is C16H23N3O2S2. The van der Waals surface area contributed by atoms with E-state index in [1.165, 1.54) is 16.2 Å². The van der Waals surface area contributed by atoms with E-state index in [0.29, 0.717) is 22.9 Å². The molecule has 1 heterocycles. The van der Waals surface area contributed by atoms with E-state index < -0.39 is 5.91 Å². The number of hydrogen-bond donors (Lipinski definition) is 3. The maximum atomic E-state index is 11.8. The quantitative estimate of drug-likeness (QED) is 0.727. The van der Waals surface area contributed by atoms with Crippen molar-refractivity contribution in [3.63, 3.8) is 0 Å². The van der Waals surface area contributed by atoms with Gasteiger partial charge in [0.15, 0.2) is 5.11 Å². The zero-order valence-corrected chi connectivity index (χ0v) is 15.3. The van der Waals surface area contributed by atoms with Gasteiger partial charge >= 0.3 is 0 Å². The summed E-state index contributed by atoms with van der Waals surface area (Å²) in [6.07, 6.45) is 3.27. The number of fused-ring (bicyclic) bond motifs is 1. The third-order valence-corrected chi connectivity index (χ3v) is 5.21. The van der Waals surface area contributed by atoms with Crippen LogP contribution in [0.2, 0.25) is 0 Å². The van der Waals surface area contributed by atoms with Crippen molar-refractivity contribution in [1.29, 1.82) is 0 Å². The van der Waals surface area contributed by atoms with Crippen LogP contribution in [-0.4, -0.2) is 16.9 Å². The third-order valence-electron chi connectivity index (χ3n) is 3.83. The summed E-state index contributed by atoms with van der Waals surface area (Å²) >= 11 is 6.70. The van der Waals surface area contributed by atoms with E-state index in [0.717, 1.165) is 24.8 Å². The lowest BCUT2D eigenvalue weighted by Crippen LogP contribution is -2.35. The number of hydrogen-bond acceptors (Lipinski definition) is 4. The van der Waals surface area contributed by atoms with Crippen LogP contribution in [0.15, 0.2) is 0 Å². The van der Waals surface area contributed by atoms with Crippen LogP contribution in [0.1, 0.15) is 54.4 Å². The molecule has 0 saturated heterocycles. The van der Waals surface area contributed by atoms with Gasteiger partial charge in [0.05, 0.1) is 5.56 Å². The van der Waals surface area contributed by atoms with Gasteiger partial charge in [0, 0.05) is 11.3 Å². The Hall–Kier alpha value is -1.47. The molecule has 0 aromatic carbocycles. The van der Waals surface area contributed by atoms with E-state index in [2.05, 4.69) is 17.6 Å². The smallest absolute Gasteiger partial charge is 0.251 e. The molecule has 0 unspecified atom stereocenters. The van der Waals surface area contributed by atoms with Gasteiger partial charge in [-0.25, -0.2) is 0 Å². The van der Waals surface area contributed by atoms with E-state index in [1.807, 2.05) is 13.8 Å². The molecule has 1 aromatic rings. The van der Waals surface area contributed by atoms with Crippen LogP contribution in [0, 0.1) is 11.8 Å². The fraction of sp³-hybridized carbons (Fsp3) is 0.562. The van der Waals surface area contributed by atoms with Gasteiger partial charge in [-0.1, -0.05) is 20.8 Å². The second kappa shape index (κ2) is 7.40. The van der Waals surface area contributed by atoms with E-state index in [-0.39, 0.29) is 16.9 Å². The minimum Gasteiger partial charge on any atom is -0.365 e. The lowest BCUT2D eigenvalue weighted by Gasteiger charge is -2.18. The van der Waals surface area contributed by atoms with Gasteiger partial charge in [-0.3, -0.25) is 9.59 Å². The second-order valence-electron chi connectivity index (χ2n) is 6.52. The van der Waals surface area contributed by atoms with Crippen LogP contribution >= 0.6 is 23.6 Å². The number of carbonyl (C=O) groups is 2. The van der Waals surface area contributed by atoms with Crippen LogP contribution in [0.3, 0.4) is 0 Å². The first-order valence-electron chi connectivity index (χ1n) is 7.83. The lowest BCUT2D eigenvalue weighted by molar-refractivity contribution is -0.120. The summed E-state index contributed by atoms with van der Waals surface area (Å²) in [6, 6.07) is 0. The van der Waals surface area contributed by atoms with Crippen molar-refractivity contribution in [2.24, 2.45) is 17.6 Å². The second-order valence-corrected chi connectivity index (χ2v) is 8.03. The average Bonchev–Trinajstić information content (AvgIpc) is 2.73. The predicted molar refractivity (Wildman–Crippen MR) is 97.8 cm³/mol. The van der Waals surface area contributed by atoms with Gasteiger partial charge in [0.25, 0.3) is 5.91 Å². The number of carbonyl (C=O) groups excluding carboxylic acids is 2. The Bertz CT molecular complexity index is 638. The Morgan fingerprint density at radius 3 is 2.74 bits per heavy atom. The Labute approximate surface area is 146 Å². The number of thiocarbonyl (C=S) groups is 1. The zero-order valence-electron chi connectivity index (χ0n) is 13.7. The van der Waals surface area contributed by atoms with Crippen LogP contribution < -0.4 is 16.4 Å². The molecular weight excluding hydrogens is 330 g/mol. The molecule has 0 bridgehead atoms. The highest BCUT2D eigenvalue weighted by Gasteiger charge is 2.26. The monoisotopic (exact) mass is 353 g/mol. The number of amides is 2. The fourth-order valence-electron chi connectivity index (χ4n) is 2.78. The Kier molecular flexibility index (Phi) is 5.75. The maximum Gasteiger partial charge on any atom is 0.251 e. The van der Waals surface area contributed by atoms with Gasteiger partial charge in [0.2, 0.25) is 5.91 Å². The molecule has 126 valence electrons. The van der Waals surface area contributed by atoms with Crippen molar-refractivity contribution in [3.8, 4) is 0 Å². The molecule has 2 amide bonds.